The van der Waals surface area contributed by atoms with Crippen LogP contribution in [0.4, 0.5) is 0 Å². The fourth-order valence-corrected chi connectivity index (χ4v) is 1.80. The number of aryl methyl sites for hydroxylation is 2. The first-order valence-electron chi connectivity index (χ1n) is 3.87. The summed E-state index contributed by atoms with van der Waals surface area (Å²) < 4.78 is 30.4. The average Bonchev–Trinajstić information content (AvgIpc) is 1.97. The fraction of sp³-hybridized carbons (Fsp3) is 0.333. The normalized spacial score (nSPS) is 11.7. The van der Waals surface area contributed by atoms with E-state index in [2.05, 4.69) is 0 Å². The third-order valence-corrected chi connectivity index (χ3v) is 3.03. The topological polar surface area (TPSA) is 54.4 Å². The van der Waals surface area contributed by atoms with Crippen LogP contribution in [-0.4, -0.2) is 13.0 Å². The number of benzene rings is 1. The number of hydrogen-bond donors (Lipinski definition) is 1. The minimum absolute atomic E-state index is 0.0342. The van der Waals surface area contributed by atoms with Crippen molar-refractivity contribution >= 4 is 10.1 Å². The summed E-state index contributed by atoms with van der Waals surface area (Å²) in [5.74, 6) is 0. The van der Waals surface area contributed by atoms with Gasteiger partial charge in [0.1, 0.15) is 0 Å². The van der Waals surface area contributed by atoms with Crippen molar-refractivity contribution in [3.63, 3.8) is 0 Å². The maximum absolute atomic E-state index is 10.8. The van der Waals surface area contributed by atoms with E-state index in [-0.39, 0.29) is 4.90 Å². The summed E-state index contributed by atoms with van der Waals surface area (Å²) in [5, 5.41) is 0. The minimum atomic E-state index is -4.06. The summed E-state index contributed by atoms with van der Waals surface area (Å²) in [4.78, 5) is -0.0342. The van der Waals surface area contributed by atoms with Crippen LogP contribution in [0.5, 0.6) is 0 Å². The monoisotopic (exact) mass is 200 g/mol. The van der Waals surface area contributed by atoms with Crippen LogP contribution in [0.15, 0.2) is 17.0 Å². The van der Waals surface area contributed by atoms with Gasteiger partial charge in [-0.2, -0.15) is 8.42 Å². The van der Waals surface area contributed by atoms with E-state index in [4.69, 9.17) is 4.55 Å². The van der Waals surface area contributed by atoms with Crippen molar-refractivity contribution in [1.29, 1.82) is 0 Å². The molecule has 1 N–H and O–H groups in total. The summed E-state index contributed by atoms with van der Waals surface area (Å²) in [5.41, 5.74) is 2.78. The van der Waals surface area contributed by atoms with Gasteiger partial charge in [0.15, 0.2) is 0 Å². The summed E-state index contributed by atoms with van der Waals surface area (Å²) in [7, 11) is -4.06. The van der Waals surface area contributed by atoms with E-state index < -0.39 is 10.1 Å². The smallest absolute Gasteiger partial charge is 0.282 e. The third-order valence-electron chi connectivity index (χ3n) is 2.20. The van der Waals surface area contributed by atoms with Gasteiger partial charge in [0.05, 0.1) is 4.90 Å². The predicted octanol–water partition coefficient (Wildman–Crippen LogP) is 1.86. The maximum Gasteiger partial charge on any atom is 0.294 e. The van der Waals surface area contributed by atoms with Gasteiger partial charge in [-0.05, 0) is 49.6 Å². The quantitative estimate of drug-likeness (QED) is 0.704. The highest BCUT2D eigenvalue weighted by molar-refractivity contribution is 7.85. The van der Waals surface area contributed by atoms with Gasteiger partial charge in [0.2, 0.25) is 0 Å². The first-order valence-corrected chi connectivity index (χ1v) is 5.31. The highest BCUT2D eigenvalue weighted by atomic mass is 32.2. The van der Waals surface area contributed by atoms with Gasteiger partial charge in [-0.25, -0.2) is 0 Å². The molecule has 0 heterocycles. The molecule has 13 heavy (non-hydrogen) atoms. The van der Waals surface area contributed by atoms with Gasteiger partial charge in [0.25, 0.3) is 10.1 Å². The van der Waals surface area contributed by atoms with Crippen molar-refractivity contribution in [2.75, 3.05) is 0 Å². The average molecular weight is 200 g/mol. The molecule has 3 nitrogen and oxygen atoms in total. The van der Waals surface area contributed by atoms with Crippen LogP contribution < -0.4 is 0 Å². The second kappa shape index (κ2) is 3.12. The summed E-state index contributed by atoms with van der Waals surface area (Å²) >= 11 is 0. The first-order chi connectivity index (χ1) is 5.82. The molecule has 1 aromatic carbocycles. The molecule has 0 radical (unpaired) electrons. The summed E-state index contributed by atoms with van der Waals surface area (Å²) in [6.07, 6.45) is 0. The van der Waals surface area contributed by atoms with E-state index in [0.29, 0.717) is 0 Å². The molecule has 1 rings (SSSR count). The van der Waals surface area contributed by atoms with E-state index in [9.17, 15) is 8.42 Å². The Balaban J connectivity index is 3.47. The lowest BCUT2D eigenvalue weighted by atomic mass is 10.1. The second-order valence-electron chi connectivity index (χ2n) is 3.16. The Hall–Kier alpha value is -0.870. The van der Waals surface area contributed by atoms with Crippen LogP contribution in [0.25, 0.3) is 0 Å². The molecule has 0 saturated carbocycles. The molecule has 0 fully saturated rings. The molecule has 0 aliphatic heterocycles. The van der Waals surface area contributed by atoms with Crippen LogP contribution in [-0.2, 0) is 10.1 Å². The van der Waals surface area contributed by atoms with Crippen molar-refractivity contribution < 1.29 is 13.0 Å². The Morgan fingerprint density at radius 2 is 1.46 bits per heavy atom. The Bertz CT molecular complexity index is 409. The molecular formula is C9H12O3S. The lowest BCUT2D eigenvalue weighted by Gasteiger charge is -2.06. The molecule has 0 spiro atoms. The summed E-state index contributed by atoms with van der Waals surface area (Å²) in [6, 6.07) is 2.94. The van der Waals surface area contributed by atoms with Crippen LogP contribution >= 0.6 is 0 Å². The lowest BCUT2D eigenvalue weighted by Crippen LogP contribution is -2.00. The minimum Gasteiger partial charge on any atom is -0.282 e. The zero-order valence-corrected chi connectivity index (χ0v) is 8.64. The second-order valence-corrected chi connectivity index (χ2v) is 4.58. The molecule has 0 amide bonds. The SMILES string of the molecule is Cc1cc(S(=O)(=O)O)cc(C)c1C. The van der Waals surface area contributed by atoms with E-state index in [1.54, 1.807) is 0 Å². The van der Waals surface area contributed by atoms with Crippen molar-refractivity contribution in [3.05, 3.63) is 28.8 Å². The van der Waals surface area contributed by atoms with Crippen molar-refractivity contribution in [2.45, 2.75) is 25.7 Å². The predicted molar refractivity (Wildman–Crippen MR) is 50.5 cm³/mol. The van der Waals surface area contributed by atoms with Crippen LogP contribution in [0.2, 0.25) is 0 Å². The molecule has 72 valence electrons. The highest BCUT2D eigenvalue weighted by Crippen LogP contribution is 2.18. The zero-order valence-electron chi connectivity index (χ0n) is 7.83. The van der Waals surface area contributed by atoms with Crippen LogP contribution in [0.1, 0.15) is 16.7 Å². The Morgan fingerprint density at radius 1 is 1.08 bits per heavy atom. The number of hydrogen-bond acceptors (Lipinski definition) is 2. The van der Waals surface area contributed by atoms with E-state index in [0.717, 1.165) is 16.7 Å². The fourth-order valence-electron chi connectivity index (χ4n) is 1.14. The van der Waals surface area contributed by atoms with Crippen molar-refractivity contribution in [2.24, 2.45) is 0 Å². The molecule has 1 aromatic rings. The van der Waals surface area contributed by atoms with Gasteiger partial charge in [-0.3, -0.25) is 4.55 Å². The van der Waals surface area contributed by atoms with Gasteiger partial charge < -0.3 is 0 Å². The molecular weight excluding hydrogens is 188 g/mol. The maximum atomic E-state index is 10.8. The molecule has 0 aliphatic carbocycles. The van der Waals surface area contributed by atoms with Gasteiger partial charge in [0, 0.05) is 0 Å². The highest BCUT2D eigenvalue weighted by Gasteiger charge is 2.11. The molecule has 0 atom stereocenters. The van der Waals surface area contributed by atoms with Crippen molar-refractivity contribution in [3.8, 4) is 0 Å². The van der Waals surface area contributed by atoms with Gasteiger partial charge in [-0.15, -0.1) is 0 Å². The number of rotatable bonds is 1. The third kappa shape index (κ3) is 2.08. The van der Waals surface area contributed by atoms with Gasteiger partial charge >= 0.3 is 0 Å². The summed E-state index contributed by atoms with van der Waals surface area (Å²) in [6.45, 7) is 5.55. The molecule has 0 saturated heterocycles. The standard InChI is InChI=1S/C9H12O3S/c1-6-4-9(13(10,11)12)5-7(2)8(6)3/h4-5H,1-3H3,(H,10,11,12). The lowest BCUT2D eigenvalue weighted by molar-refractivity contribution is 0.483. The van der Waals surface area contributed by atoms with E-state index >= 15 is 0 Å². The van der Waals surface area contributed by atoms with Crippen molar-refractivity contribution in [1.82, 2.24) is 0 Å². The molecule has 0 bridgehead atoms. The first kappa shape index (κ1) is 10.2. The van der Waals surface area contributed by atoms with E-state index in [1.165, 1.54) is 12.1 Å². The molecule has 0 unspecified atom stereocenters. The Kier molecular flexibility index (Phi) is 2.45. The largest absolute Gasteiger partial charge is 0.294 e. The van der Waals surface area contributed by atoms with Crippen LogP contribution in [0, 0.1) is 20.8 Å². The molecule has 0 aromatic heterocycles. The van der Waals surface area contributed by atoms with E-state index in [1.807, 2.05) is 20.8 Å². The Labute approximate surface area is 78.2 Å². The Morgan fingerprint density at radius 3 is 1.77 bits per heavy atom. The molecule has 0 aliphatic rings. The molecule has 4 heteroatoms. The zero-order chi connectivity index (χ0) is 10.2. The van der Waals surface area contributed by atoms with Gasteiger partial charge in [-0.1, -0.05) is 0 Å². The van der Waals surface area contributed by atoms with Crippen LogP contribution in [0.3, 0.4) is 0 Å².